The van der Waals surface area contributed by atoms with Crippen LogP contribution in [0.25, 0.3) is 0 Å². The average Bonchev–Trinajstić information content (AvgIpc) is 1.99. The van der Waals surface area contributed by atoms with Crippen molar-refractivity contribution in [1.29, 1.82) is 0 Å². The highest BCUT2D eigenvalue weighted by Crippen LogP contribution is 2.39. The Bertz CT molecular complexity index is 231. The van der Waals surface area contributed by atoms with E-state index in [1.807, 2.05) is 13.8 Å². The summed E-state index contributed by atoms with van der Waals surface area (Å²) in [5, 5.41) is 0. The van der Waals surface area contributed by atoms with Crippen molar-refractivity contribution in [1.82, 2.24) is 0 Å². The van der Waals surface area contributed by atoms with Gasteiger partial charge in [-0.2, -0.15) is 0 Å². The van der Waals surface area contributed by atoms with Crippen LogP contribution in [0.15, 0.2) is 0 Å². The molecule has 0 heterocycles. The summed E-state index contributed by atoms with van der Waals surface area (Å²) in [6.07, 6.45) is 3.42. The predicted octanol–water partition coefficient (Wildman–Crippen LogP) is 3.40. The number of esters is 1. The zero-order valence-corrected chi connectivity index (χ0v) is 10.7. The maximum Gasteiger partial charge on any atom is 0.308 e. The summed E-state index contributed by atoms with van der Waals surface area (Å²) in [4.78, 5) is 11.5. The summed E-state index contributed by atoms with van der Waals surface area (Å²) in [6.45, 7) is 10.5. The van der Waals surface area contributed by atoms with Gasteiger partial charge in [0.25, 0.3) is 0 Å². The minimum absolute atomic E-state index is 0.00894. The molecule has 1 rings (SSSR count). The van der Waals surface area contributed by atoms with Gasteiger partial charge in [0.2, 0.25) is 0 Å². The van der Waals surface area contributed by atoms with E-state index < -0.39 is 0 Å². The first-order chi connectivity index (χ1) is 6.80. The Morgan fingerprint density at radius 3 is 2.40 bits per heavy atom. The predicted molar refractivity (Wildman–Crippen MR) is 61.5 cm³/mol. The van der Waals surface area contributed by atoms with Crippen molar-refractivity contribution in [3.05, 3.63) is 0 Å². The zero-order chi connectivity index (χ0) is 11.6. The lowest BCUT2D eigenvalue weighted by Crippen LogP contribution is -2.34. The van der Waals surface area contributed by atoms with Crippen molar-refractivity contribution < 1.29 is 9.53 Å². The van der Waals surface area contributed by atoms with Crippen LogP contribution in [-0.4, -0.2) is 12.1 Å². The molecule has 0 aromatic carbocycles. The molecule has 0 aromatic heterocycles. The fraction of sp³-hybridized carbons (Fsp3) is 0.923. The third-order valence-corrected chi connectivity index (χ3v) is 3.10. The van der Waals surface area contributed by atoms with Gasteiger partial charge in [0.1, 0.15) is 6.10 Å². The molecule has 15 heavy (non-hydrogen) atoms. The summed E-state index contributed by atoms with van der Waals surface area (Å²) in [5.74, 6) is 0.606. The third kappa shape index (κ3) is 3.84. The van der Waals surface area contributed by atoms with Gasteiger partial charge in [-0.1, -0.05) is 34.6 Å². The number of carbonyl (C=O) groups is 1. The topological polar surface area (TPSA) is 26.3 Å². The molecule has 1 saturated carbocycles. The van der Waals surface area contributed by atoms with E-state index in [-0.39, 0.29) is 18.0 Å². The Hall–Kier alpha value is -0.530. The lowest BCUT2D eigenvalue weighted by molar-refractivity contribution is -0.157. The number of rotatable bonds is 2. The van der Waals surface area contributed by atoms with Crippen molar-refractivity contribution in [2.45, 2.75) is 60.0 Å². The van der Waals surface area contributed by atoms with Crippen molar-refractivity contribution in [2.75, 3.05) is 0 Å². The van der Waals surface area contributed by atoms with Gasteiger partial charge in [-0.25, -0.2) is 0 Å². The molecule has 0 bridgehead atoms. The Morgan fingerprint density at radius 1 is 1.33 bits per heavy atom. The van der Waals surface area contributed by atoms with Gasteiger partial charge in [-0.3, -0.25) is 4.79 Å². The van der Waals surface area contributed by atoms with E-state index in [2.05, 4.69) is 20.8 Å². The first-order valence-corrected chi connectivity index (χ1v) is 6.00. The number of carbonyl (C=O) groups excluding carboxylic acids is 1. The molecule has 1 aliphatic rings. The number of ether oxygens (including phenoxy) is 1. The summed E-state index contributed by atoms with van der Waals surface area (Å²) < 4.78 is 5.52. The molecular weight excluding hydrogens is 188 g/mol. The van der Waals surface area contributed by atoms with Gasteiger partial charge < -0.3 is 4.74 Å². The van der Waals surface area contributed by atoms with Gasteiger partial charge in [0, 0.05) is 0 Å². The fourth-order valence-electron chi connectivity index (χ4n) is 2.65. The van der Waals surface area contributed by atoms with Crippen LogP contribution in [0.1, 0.15) is 53.9 Å². The van der Waals surface area contributed by atoms with Gasteiger partial charge in [0.15, 0.2) is 0 Å². The quantitative estimate of drug-likeness (QED) is 0.656. The second-order valence-corrected chi connectivity index (χ2v) is 6.13. The van der Waals surface area contributed by atoms with E-state index in [9.17, 15) is 4.79 Å². The Balaban J connectivity index is 2.52. The van der Waals surface area contributed by atoms with Crippen LogP contribution < -0.4 is 0 Å². The van der Waals surface area contributed by atoms with Gasteiger partial charge in [-0.15, -0.1) is 0 Å². The lowest BCUT2D eigenvalue weighted by Gasteiger charge is -2.38. The highest BCUT2D eigenvalue weighted by atomic mass is 16.5. The van der Waals surface area contributed by atoms with Crippen molar-refractivity contribution in [2.24, 2.45) is 17.3 Å². The average molecular weight is 212 g/mol. The van der Waals surface area contributed by atoms with Crippen LogP contribution in [0.3, 0.4) is 0 Å². The first-order valence-electron chi connectivity index (χ1n) is 6.00. The van der Waals surface area contributed by atoms with E-state index in [0.717, 1.165) is 12.8 Å². The Kier molecular flexibility index (Phi) is 3.80. The van der Waals surface area contributed by atoms with Crippen LogP contribution in [0.4, 0.5) is 0 Å². The van der Waals surface area contributed by atoms with Crippen LogP contribution in [0.5, 0.6) is 0 Å². The number of hydrogen-bond donors (Lipinski definition) is 0. The van der Waals surface area contributed by atoms with E-state index >= 15 is 0 Å². The maximum atomic E-state index is 11.5. The van der Waals surface area contributed by atoms with E-state index in [4.69, 9.17) is 4.74 Å². The molecule has 1 fully saturated rings. The molecular formula is C13H24O2. The minimum atomic E-state index is -0.0510. The molecule has 2 unspecified atom stereocenters. The van der Waals surface area contributed by atoms with Crippen LogP contribution in [0.2, 0.25) is 0 Å². The SMILES string of the molecule is CC1CC(OC(=O)C(C)C)CC(C)(C)C1. The second kappa shape index (κ2) is 4.54. The number of hydrogen-bond acceptors (Lipinski definition) is 2. The molecule has 0 radical (unpaired) electrons. The molecule has 0 spiro atoms. The first kappa shape index (κ1) is 12.5. The van der Waals surface area contributed by atoms with Gasteiger partial charge >= 0.3 is 5.97 Å². The maximum absolute atomic E-state index is 11.5. The van der Waals surface area contributed by atoms with Crippen LogP contribution in [-0.2, 0) is 9.53 Å². The normalized spacial score (nSPS) is 30.3. The Morgan fingerprint density at radius 2 is 1.93 bits per heavy atom. The molecule has 0 amide bonds. The minimum Gasteiger partial charge on any atom is -0.462 e. The monoisotopic (exact) mass is 212 g/mol. The molecule has 0 aliphatic heterocycles. The molecule has 0 saturated heterocycles. The molecule has 2 heteroatoms. The fourth-order valence-corrected chi connectivity index (χ4v) is 2.65. The van der Waals surface area contributed by atoms with Crippen LogP contribution >= 0.6 is 0 Å². The molecule has 2 nitrogen and oxygen atoms in total. The van der Waals surface area contributed by atoms with E-state index in [0.29, 0.717) is 11.3 Å². The molecule has 2 atom stereocenters. The van der Waals surface area contributed by atoms with Gasteiger partial charge in [-0.05, 0) is 30.6 Å². The third-order valence-electron chi connectivity index (χ3n) is 3.10. The lowest BCUT2D eigenvalue weighted by atomic mass is 9.71. The summed E-state index contributed by atoms with van der Waals surface area (Å²) in [7, 11) is 0. The molecule has 0 aromatic rings. The van der Waals surface area contributed by atoms with E-state index in [1.54, 1.807) is 0 Å². The summed E-state index contributed by atoms with van der Waals surface area (Å²) in [6, 6.07) is 0. The highest BCUT2D eigenvalue weighted by Gasteiger charge is 2.34. The van der Waals surface area contributed by atoms with Crippen molar-refractivity contribution in [3.8, 4) is 0 Å². The zero-order valence-electron chi connectivity index (χ0n) is 10.7. The van der Waals surface area contributed by atoms with Gasteiger partial charge in [0.05, 0.1) is 5.92 Å². The molecule has 1 aliphatic carbocycles. The smallest absolute Gasteiger partial charge is 0.308 e. The molecule has 88 valence electrons. The largest absolute Gasteiger partial charge is 0.462 e. The highest BCUT2D eigenvalue weighted by molar-refractivity contribution is 5.71. The standard InChI is InChI=1S/C13H24O2/c1-9(2)12(14)15-11-6-10(3)7-13(4,5)8-11/h9-11H,6-8H2,1-5H3. The Labute approximate surface area is 93.4 Å². The van der Waals surface area contributed by atoms with E-state index in [1.165, 1.54) is 6.42 Å². The van der Waals surface area contributed by atoms with Crippen molar-refractivity contribution in [3.63, 3.8) is 0 Å². The van der Waals surface area contributed by atoms with Crippen molar-refractivity contribution >= 4 is 5.97 Å². The summed E-state index contributed by atoms with van der Waals surface area (Å²) >= 11 is 0. The van der Waals surface area contributed by atoms with Crippen LogP contribution in [0, 0.1) is 17.3 Å². The second-order valence-electron chi connectivity index (χ2n) is 6.13. The molecule has 0 N–H and O–H groups in total. The summed E-state index contributed by atoms with van der Waals surface area (Å²) in [5.41, 5.74) is 0.319.